The summed E-state index contributed by atoms with van der Waals surface area (Å²) in [6.45, 7) is 5.50. The van der Waals surface area contributed by atoms with E-state index < -0.39 is 16.2 Å². The minimum atomic E-state index is -0.588. The molecule has 3 heterocycles. The molecule has 1 atom stereocenters. The van der Waals surface area contributed by atoms with Gasteiger partial charge in [0.15, 0.2) is 0 Å². The summed E-state index contributed by atoms with van der Waals surface area (Å²) in [6.07, 6.45) is 2.68. The molecule has 0 aliphatic carbocycles. The van der Waals surface area contributed by atoms with Crippen LogP contribution in [0.1, 0.15) is 29.8 Å². The van der Waals surface area contributed by atoms with Gasteiger partial charge in [-0.1, -0.05) is 24.3 Å². The van der Waals surface area contributed by atoms with Crippen molar-refractivity contribution in [1.82, 2.24) is 14.5 Å². The topological polar surface area (TPSA) is 105 Å². The molecule has 1 fully saturated rings. The van der Waals surface area contributed by atoms with E-state index >= 15 is 0 Å². The fourth-order valence-corrected chi connectivity index (χ4v) is 4.63. The number of hydrogen-bond donors (Lipinski definition) is 1. The molecule has 1 aromatic heterocycles. The minimum absolute atomic E-state index is 0.180. The molecule has 1 N–H and O–H groups in total. The third kappa shape index (κ3) is 4.62. The summed E-state index contributed by atoms with van der Waals surface area (Å²) < 4.78 is 1.42. The fourth-order valence-electron chi connectivity index (χ4n) is 4.63. The summed E-state index contributed by atoms with van der Waals surface area (Å²) in [5.41, 5.74) is 1.46. The predicted octanol–water partition coefficient (Wildman–Crippen LogP) is 1.52. The maximum atomic E-state index is 13.1. The number of aliphatic hydroxyl groups is 1. The Hall–Kier alpha value is -2.78. The van der Waals surface area contributed by atoms with Crippen molar-refractivity contribution in [2.45, 2.75) is 45.3 Å². The highest BCUT2D eigenvalue weighted by molar-refractivity contribution is 5.57. The van der Waals surface area contributed by atoms with Gasteiger partial charge in [-0.2, -0.15) is 0 Å². The standard InChI is InChI=1S/C22H29N5O4/c1-16-23-21(25-13-7-17-5-2-3-6-18(17)8-14-25)20(27(30)31)22(29)26(16)11-4-10-24-12-9-19(28)15-24/h2-3,5-6,19,28H,4,7-15H2,1H3. The van der Waals surface area contributed by atoms with E-state index in [4.69, 9.17) is 0 Å². The van der Waals surface area contributed by atoms with Crippen LogP contribution < -0.4 is 10.5 Å². The highest BCUT2D eigenvalue weighted by Crippen LogP contribution is 2.26. The molecule has 9 nitrogen and oxygen atoms in total. The molecule has 31 heavy (non-hydrogen) atoms. The predicted molar refractivity (Wildman–Crippen MR) is 118 cm³/mol. The Morgan fingerprint density at radius 1 is 1.16 bits per heavy atom. The van der Waals surface area contributed by atoms with Crippen LogP contribution in [-0.4, -0.2) is 63.3 Å². The molecule has 2 aromatic rings. The van der Waals surface area contributed by atoms with Crippen molar-refractivity contribution in [3.63, 3.8) is 0 Å². The number of aliphatic hydroxyl groups excluding tert-OH is 1. The lowest BCUT2D eigenvalue weighted by molar-refractivity contribution is -0.386. The summed E-state index contributed by atoms with van der Waals surface area (Å²) in [5, 5.41) is 21.5. The summed E-state index contributed by atoms with van der Waals surface area (Å²) in [5.74, 6) is 0.674. The number of nitrogens with zero attached hydrogens (tertiary/aromatic N) is 5. The van der Waals surface area contributed by atoms with Crippen molar-refractivity contribution in [1.29, 1.82) is 0 Å². The fraction of sp³-hybridized carbons (Fsp3) is 0.545. The molecule has 166 valence electrons. The van der Waals surface area contributed by atoms with Crippen LogP contribution in [0.4, 0.5) is 11.5 Å². The highest BCUT2D eigenvalue weighted by Gasteiger charge is 2.29. The van der Waals surface area contributed by atoms with Gasteiger partial charge in [0.05, 0.1) is 11.0 Å². The lowest BCUT2D eigenvalue weighted by atomic mass is 10.0. The lowest BCUT2D eigenvalue weighted by Crippen LogP contribution is -2.34. The second kappa shape index (κ2) is 9.15. The zero-order valence-corrected chi connectivity index (χ0v) is 17.9. The van der Waals surface area contributed by atoms with Gasteiger partial charge in [-0.25, -0.2) is 4.98 Å². The van der Waals surface area contributed by atoms with E-state index in [-0.39, 0.29) is 11.9 Å². The SMILES string of the molecule is Cc1nc(N2CCc3ccccc3CC2)c([N+](=O)[O-])c(=O)n1CCCN1CCC(O)C1. The van der Waals surface area contributed by atoms with Crippen LogP contribution in [0.3, 0.4) is 0 Å². The van der Waals surface area contributed by atoms with E-state index in [1.54, 1.807) is 6.92 Å². The Morgan fingerprint density at radius 3 is 2.42 bits per heavy atom. The van der Waals surface area contributed by atoms with E-state index in [2.05, 4.69) is 22.0 Å². The van der Waals surface area contributed by atoms with Crippen LogP contribution in [0.25, 0.3) is 0 Å². The van der Waals surface area contributed by atoms with Gasteiger partial charge in [0.25, 0.3) is 0 Å². The Balaban J connectivity index is 1.55. The number of likely N-dealkylation sites (tertiary alicyclic amines) is 1. The van der Waals surface area contributed by atoms with Gasteiger partial charge in [0.2, 0.25) is 5.82 Å². The van der Waals surface area contributed by atoms with Crippen molar-refractivity contribution in [2.24, 2.45) is 0 Å². The van der Waals surface area contributed by atoms with Gasteiger partial charge in [0.1, 0.15) is 5.82 Å². The number of benzene rings is 1. The molecular formula is C22H29N5O4. The third-order valence-electron chi connectivity index (χ3n) is 6.32. The molecule has 0 spiro atoms. The number of β-amino-alcohol motifs (C(OH)–C–C–N with tert-alkyl or cyclic N) is 1. The summed E-state index contributed by atoms with van der Waals surface area (Å²) in [7, 11) is 0. The first-order valence-electron chi connectivity index (χ1n) is 10.9. The highest BCUT2D eigenvalue weighted by atomic mass is 16.6. The maximum Gasteiger partial charge on any atom is 0.376 e. The first kappa shape index (κ1) is 21.5. The number of fused-ring (bicyclic) bond motifs is 1. The monoisotopic (exact) mass is 427 g/mol. The molecule has 2 aliphatic rings. The molecule has 2 aliphatic heterocycles. The van der Waals surface area contributed by atoms with Crippen LogP contribution in [0.5, 0.6) is 0 Å². The van der Waals surface area contributed by atoms with Crippen LogP contribution in [-0.2, 0) is 19.4 Å². The van der Waals surface area contributed by atoms with E-state index in [0.29, 0.717) is 38.4 Å². The van der Waals surface area contributed by atoms with Gasteiger partial charge < -0.3 is 14.9 Å². The lowest BCUT2D eigenvalue weighted by Gasteiger charge is -2.22. The first-order valence-corrected chi connectivity index (χ1v) is 10.9. The van der Waals surface area contributed by atoms with E-state index in [9.17, 15) is 20.0 Å². The molecule has 4 rings (SSSR count). The van der Waals surface area contributed by atoms with Gasteiger partial charge >= 0.3 is 11.2 Å². The maximum absolute atomic E-state index is 13.1. The second-order valence-electron chi connectivity index (χ2n) is 8.40. The van der Waals surface area contributed by atoms with Crippen molar-refractivity contribution < 1.29 is 10.0 Å². The molecular weight excluding hydrogens is 398 g/mol. The van der Waals surface area contributed by atoms with Crippen molar-refractivity contribution >= 4 is 11.5 Å². The van der Waals surface area contributed by atoms with E-state index in [0.717, 1.165) is 32.4 Å². The average molecular weight is 428 g/mol. The molecule has 1 saturated heterocycles. The number of aromatic nitrogens is 2. The molecule has 0 amide bonds. The summed E-state index contributed by atoms with van der Waals surface area (Å²) in [4.78, 5) is 32.9. The molecule has 9 heteroatoms. The molecule has 0 bridgehead atoms. The van der Waals surface area contributed by atoms with Crippen molar-refractivity contribution in [3.8, 4) is 0 Å². The number of aryl methyl sites for hydroxylation is 1. The van der Waals surface area contributed by atoms with Crippen LogP contribution in [0.15, 0.2) is 29.1 Å². The van der Waals surface area contributed by atoms with Gasteiger partial charge in [0, 0.05) is 32.7 Å². The van der Waals surface area contributed by atoms with Crippen LogP contribution in [0, 0.1) is 17.0 Å². The van der Waals surface area contributed by atoms with Crippen molar-refractivity contribution in [2.75, 3.05) is 37.6 Å². The summed E-state index contributed by atoms with van der Waals surface area (Å²) in [6, 6.07) is 8.18. The Bertz CT molecular complexity index is 994. The van der Waals surface area contributed by atoms with Crippen molar-refractivity contribution in [3.05, 3.63) is 61.7 Å². The number of hydrogen-bond acceptors (Lipinski definition) is 7. The Labute approximate surface area is 181 Å². The quantitative estimate of drug-likeness (QED) is 0.550. The zero-order chi connectivity index (χ0) is 22.0. The number of anilines is 1. The molecule has 0 saturated carbocycles. The van der Waals surface area contributed by atoms with E-state index in [1.807, 2.05) is 17.0 Å². The number of rotatable bonds is 6. The van der Waals surface area contributed by atoms with Crippen LogP contribution in [0.2, 0.25) is 0 Å². The normalized spacial score (nSPS) is 19.3. The zero-order valence-electron chi connectivity index (χ0n) is 17.9. The average Bonchev–Trinajstić information content (AvgIpc) is 3.03. The molecule has 1 aromatic carbocycles. The Morgan fingerprint density at radius 2 is 1.84 bits per heavy atom. The third-order valence-corrected chi connectivity index (χ3v) is 6.32. The van der Waals surface area contributed by atoms with Gasteiger partial charge in [-0.15, -0.1) is 0 Å². The van der Waals surface area contributed by atoms with Crippen LogP contribution >= 0.6 is 0 Å². The Kier molecular flexibility index (Phi) is 6.33. The summed E-state index contributed by atoms with van der Waals surface area (Å²) >= 11 is 0. The largest absolute Gasteiger partial charge is 0.392 e. The van der Waals surface area contributed by atoms with Gasteiger partial charge in [-0.3, -0.25) is 19.5 Å². The molecule has 0 radical (unpaired) electrons. The van der Waals surface area contributed by atoms with Gasteiger partial charge in [-0.05, 0) is 50.3 Å². The second-order valence-corrected chi connectivity index (χ2v) is 8.40. The number of nitro groups is 1. The minimum Gasteiger partial charge on any atom is -0.392 e. The smallest absolute Gasteiger partial charge is 0.376 e. The molecule has 1 unspecified atom stereocenters. The first-order chi connectivity index (χ1) is 14.9. The van der Waals surface area contributed by atoms with E-state index in [1.165, 1.54) is 15.7 Å².